The first-order valence-corrected chi connectivity index (χ1v) is 9.65. The van der Waals surface area contributed by atoms with E-state index in [-0.39, 0.29) is 5.41 Å². The fourth-order valence-corrected chi connectivity index (χ4v) is 4.74. The predicted molar refractivity (Wildman–Crippen MR) is 105 cm³/mol. The summed E-state index contributed by atoms with van der Waals surface area (Å²) in [5.74, 6) is 0.399. The summed E-state index contributed by atoms with van der Waals surface area (Å²) in [6.45, 7) is 3.08. The topological polar surface area (TPSA) is 72.9 Å². The molecular formula is C21H24N6. The highest BCUT2D eigenvalue weighted by molar-refractivity contribution is 5.37. The van der Waals surface area contributed by atoms with Crippen molar-refractivity contribution in [3.63, 3.8) is 0 Å². The monoisotopic (exact) mass is 360 g/mol. The van der Waals surface area contributed by atoms with Crippen molar-refractivity contribution in [2.75, 3.05) is 18.8 Å². The molecule has 6 nitrogen and oxygen atoms in total. The van der Waals surface area contributed by atoms with Gasteiger partial charge in [-0.2, -0.15) is 5.10 Å². The number of hydrogen-bond acceptors (Lipinski definition) is 5. The average molecular weight is 360 g/mol. The number of nitrogens with two attached hydrogens (primary N) is 1. The van der Waals surface area contributed by atoms with Gasteiger partial charge in [-0.3, -0.25) is 4.90 Å². The quantitative estimate of drug-likeness (QED) is 0.777. The standard InChI is InChI=1S/C21H24N6/c22-20-23-12-17-7-9-21(19(17)25-20)8-4-10-26(15-21)13-16-11-24-27(14-16)18-5-2-1-3-6-18/h1-3,5-6,11-12,14H,4,7-10,13,15H2,(H2,22,23,25). The van der Waals surface area contributed by atoms with Crippen LogP contribution in [-0.4, -0.2) is 37.7 Å². The van der Waals surface area contributed by atoms with Crippen LogP contribution in [0.1, 0.15) is 36.1 Å². The molecule has 1 aliphatic carbocycles. The molecule has 0 amide bonds. The number of nitrogens with zero attached hydrogens (tertiary/aromatic N) is 5. The molecule has 1 saturated heterocycles. The molecule has 1 aromatic carbocycles. The second-order valence-electron chi connectivity index (χ2n) is 7.83. The van der Waals surface area contributed by atoms with E-state index in [9.17, 15) is 0 Å². The molecule has 2 aliphatic rings. The minimum absolute atomic E-state index is 0.139. The number of fused-ring (bicyclic) bond motifs is 2. The Morgan fingerprint density at radius 1 is 1.11 bits per heavy atom. The molecule has 1 fully saturated rings. The highest BCUT2D eigenvalue weighted by Gasteiger charge is 2.43. The lowest BCUT2D eigenvalue weighted by atomic mass is 9.77. The van der Waals surface area contributed by atoms with Gasteiger partial charge in [0.2, 0.25) is 5.95 Å². The van der Waals surface area contributed by atoms with Crippen LogP contribution in [-0.2, 0) is 18.4 Å². The number of nitrogen functional groups attached to an aromatic ring is 1. The smallest absolute Gasteiger partial charge is 0.220 e. The lowest BCUT2D eigenvalue weighted by molar-refractivity contribution is 0.137. The zero-order chi connectivity index (χ0) is 18.3. The largest absolute Gasteiger partial charge is 0.368 e. The van der Waals surface area contributed by atoms with Crippen molar-refractivity contribution in [3.05, 3.63) is 65.7 Å². The number of aryl methyl sites for hydroxylation is 1. The molecule has 1 unspecified atom stereocenters. The van der Waals surface area contributed by atoms with Crippen LogP contribution in [0.5, 0.6) is 0 Å². The summed E-state index contributed by atoms with van der Waals surface area (Å²) in [6, 6.07) is 10.3. The molecule has 1 atom stereocenters. The molecule has 3 heterocycles. The Kier molecular flexibility index (Phi) is 3.93. The molecule has 2 aromatic heterocycles. The maximum absolute atomic E-state index is 5.89. The first-order valence-electron chi connectivity index (χ1n) is 9.65. The van der Waals surface area contributed by atoms with Gasteiger partial charge in [-0.1, -0.05) is 18.2 Å². The maximum Gasteiger partial charge on any atom is 0.220 e. The van der Waals surface area contributed by atoms with Gasteiger partial charge in [-0.15, -0.1) is 0 Å². The number of rotatable bonds is 3. The van der Waals surface area contributed by atoms with Crippen molar-refractivity contribution in [1.82, 2.24) is 24.6 Å². The first kappa shape index (κ1) is 16.4. The van der Waals surface area contributed by atoms with Crippen LogP contribution in [0.15, 0.2) is 48.9 Å². The lowest BCUT2D eigenvalue weighted by Gasteiger charge is -2.40. The molecule has 5 rings (SSSR count). The number of piperidine rings is 1. The van der Waals surface area contributed by atoms with E-state index in [2.05, 4.69) is 38.3 Å². The number of hydrogen-bond donors (Lipinski definition) is 1. The Labute approximate surface area is 159 Å². The van der Waals surface area contributed by atoms with Crippen LogP contribution in [0.25, 0.3) is 5.69 Å². The minimum atomic E-state index is 0.139. The van der Waals surface area contributed by atoms with Crippen LogP contribution < -0.4 is 5.73 Å². The number of para-hydroxylation sites is 1. The van der Waals surface area contributed by atoms with Gasteiger partial charge in [-0.05, 0) is 49.9 Å². The van der Waals surface area contributed by atoms with Crippen LogP contribution in [0.2, 0.25) is 0 Å². The molecule has 138 valence electrons. The molecule has 0 bridgehead atoms. The van der Waals surface area contributed by atoms with E-state index in [1.54, 1.807) is 0 Å². The summed E-state index contributed by atoms with van der Waals surface area (Å²) in [6.07, 6.45) is 10.6. The molecule has 2 N–H and O–H groups in total. The minimum Gasteiger partial charge on any atom is -0.368 e. The van der Waals surface area contributed by atoms with Gasteiger partial charge in [0.25, 0.3) is 0 Å². The Morgan fingerprint density at radius 2 is 2.00 bits per heavy atom. The second kappa shape index (κ2) is 6.46. The van der Waals surface area contributed by atoms with Gasteiger partial charge in [0.1, 0.15) is 0 Å². The molecule has 3 aromatic rings. The van der Waals surface area contributed by atoms with E-state index >= 15 is 0 Å². The van der Waals surface area contributed by atoms with Crippen LogP contribution >= 0.6 is 0 Å². The molecule has 0 saturated carbocycles. The van der Waals surface area contributed by atoms with Crippen molar-refractivity contribution in [3.8, 4) is 5.69 Å². The SMILES string of the molecule is Nc1ncc2c(n1)C1(CCCN(Cc3cnn(-c4ccccc4)c3)C1)CC2. The lowest BCUT2D eigenvalue weighted by Crippen LogP contribution is -2.45. The number of benzene rings is 1. The second-order valence-corrected chi connectivity index (χ2v) is 7.83. The number of anilines is 1. The van der Waals surface area contributed by atoms with E-state index < -0.39 is 0 Å². The van der Waals surface area contributed by atoms with Gasteiger partial charge < -0.3 is 5.73 Å². The summed E-state index contributed by atoms with van der Waals surface area (Å²) in [4.78, 5) is 11.4. The van der Waals surface area contributed by atoms with E-state index in [1.165, 1.54) is 29.7 Å². The predicted octanol–water partition coefficient (Wildman–Crippen LogP) is 2.72. The van der Waals surface area contributed by atoms with E-state index in [1.807, 2.05) is 35.3 Å². The summed E-state index contributed by atoms with van der Waals surface area (Å²) in [7, 11) is 0. The Balaban J connectivity index is 1.35. The summed E-state index contributed by atoms with van der Waals surface area (Å²) >= 11 is 0. The summed E-state index contributed by atoms with van der Waals surface area (Å²) < 4.78 is 1.95. The third-order valence-corrected chi connectivity index (χ3v) is 5.98. The van der Waals surface area contributed by atoms with Gasteiger partial charge in [0, 0.05) is 36.5 Å². The van der Waals surface area contributed by atoms with E-state index in [0.717, 1.165) is 38.2 Å². The zero-order valence-electron chi connectivity index (χ0n) is 15.4. The molecule has 1 spiro atoms. The normalized spacial score (nSPS) is 22.2. The van der Waals surface area contributed by atoms with Crippen LogP contribution in [0.4, 0.5) is 5.95 Å². The third-order valence-electron chi connectivity index (χ3n) is 5.98. The van der Waals surface area contributed by atoms with Gasteiger partial charge in [0.05, 0.1) is 17.6 Å². The zero-order valence-corrected chi connectivity index (χ0v) is 15.4. The molecule has 0 radical (unpaired) electrons. The first-order chi connectivity index (χ1) is 13.2. The third kappa shape index (κ3) is 3.00. The fourth-order valence-electron chi connectivity index (χ4n) is 4.74. The highest BCUT2D eigenvalue weighted by atomic mass is 15.3. The van der Waals surface area contributed by atoms with Crippen molar-refractivity contribution in [2.45, 2.75) is 37.6 Å². The molecular weight excluding hydrogens is 336 g/mol. The Bertz CT molecular complexity index is 946. The molecule has 27 heavy (non-hydrogen) atoms. The highest BCUT2D eigenvalue weighted by Crippen LogP contribution is 2.44. The van der Waals surface area contributed by atoms with Crippen molar-refractivity contribution < 1.29 is 0 Å². The average Bonchev–Trinajstić information content (AvgIpc) is 3.29. The van der Waals surface area contributed by atoms with Crippen molar-refractivity contribution in [2.24, 2.45) is 0 Å². The maximum atomic E-state index is 5.89. The number of likely N-dealkylation sites (tertiary alicyclic amines) is 1. The van der Waals surface area contributed by atoms with E-state index in [4.69, 9.17) is 5.73 Å². The molecule has 6 heteroatoms. The van der Waals surface area contributed by atoms with Crippen LogP contribution in [0.3, 0.4) is 0 Å². The summed E-state index contributed by atoms with van der Waals surface area (Å²) in [5, 5.41) is 4.54. The van der Waals surface area contributed by atoms with Crippen LogP contribution in [0, 0.1) is 0 Å². The van der Waals surface area contributed by atoms with Crippen molar-refractivity contribution in [1.29, 1.82) is 0 Å². The summed E-state index contributed by atoms with van der Waals surface area (Å²) in [5.41, 5.74) is 10.8. The fraction of sp³-hybridized carbons (Fsp3) is 0.381. The van der Waals surface area contributed by atoms with Gasteiger partial charge in [-0.25, -0.2) is 14.6 Å². The van der Waals surface area contributed by atoms with Gasteiger partial charge in [0.15, 0.2) is 0 Å². The Morgan fingerprint density at radius 3 is 2.89 bits per heavy atom. The number of aromatic nitrogens is 4. The van der Waals surface area contributed by atoms with Crippen molar-refractivity contribution >= 4 is 5.95 Å². The molecule has 1 aliphatic heterocycles. The van der Waals surface area contributed by atoms with Gasteiger partial charge >= 0.3 is 0 Å². The van der Waals surface area contributed by atoms with E-state index in [0.29, 0.717) is 5.95 Å². The Hall–Kier alpha value is -2.73.